The topological polar surface area (TPSA) is 21.3 Å². The second-order valence-electron chi connectivity index (χ2n) is 3.81. The molecule has 1 unspecified atom stereocenters. The van der Waals surface area contributed by atoms with Crippen LogP contribution in [0.5, 0.6) is 5.75 Å². The lowest BCUT2D eigenvalue weighted by Gasteiger charge is -2.17. The van der Waals surface area contributed by atoms with Gasteiger partial charge in [-0.1, -0.05) is 37.9 Å². The zero-order chi connectivity index (χ0) is 11.8. The average molecular weight is 242 g/mol. The van der Waals surface area contributed by atoms with Gasteiger partial charge >= 0.3 is 0 Å². The summed E-state index contributed by atoms with van der Waals surface area (Å²) in [6, 6.07) is 7.95. The molecule has 0 amide bonds. The van der Waals surface area contributed by atoms with Gasteiger partial charge in [-0.3, -0.25) is 0 Å². The molecule has 1 N–H and O–H groups in total. The number of likely N-dealkylation sites (N-methyl/N-ethyl adjacent to an activating group) is 1. The Morgan fingerprint density at radius 2 is 2.19 bits per heavy atom. The van der Waals surface area contributed by atoms with E-state index in [1.807, 2.05) is 24.3 Å². The quantitative estimate of drug-likeness (QED) is 0.789. The fourth-order valence-electron chi connectivity index (χ4n) is 1.64. The van der Waals surface area contributed by atoms with Gasteiger partial charge in [0.2, 0.25) is 0 Å². The summed E-state index contributed by atoms with van der Waals surface area (Å²) in [5.74, 6) is 0.839. The largest absolute Gasteiger partial charge is 0.492 e. The first-order valence-electron chi connectivity index (χ1n) is 5.88. The molecule has 0 radical (unpaired) electrons. The highest BCUT2D eigenvalue weighted by molar-refractivity contribution is 6.30. The summed E-state index contributed by atoms with van der Waals surface area (Å²) < 4.78 is 5.71. The van der Waals surface area contributed by atoms with E-state index < -0.39 is 0 Å². The molecule has 2 nitrogen and oxygen atoms in total. The highest BCUT2D eigenvalue weighted by Crippen LogP contribution is 2.17. The molecule has 0 aliphatic rings. The molecule has 1 atom stereocenters. The minimum atomic E-state index is 0.425. The van der Waals surface area contributed by atoms with Crippen LogP contribution in [0.1, 0.15) is 26.7 Å². The van der Waals surface area contributed by atoms with E-state index in [-0.39, 0.29) is 0 Å². The van der Waals surface area contributed by atoms with Gasteiger partial charge < -0.3 is 10.1 Å². The van der Waals surface area contributed by atoms with Gasteiger partial charge in [0.15, 0.2) is 0 Å². The third kappa shape index (κ3) is 4.86. The summed E-state index contributed by atoms with van der Waals surface area (Å²) in [5, 5.41) is 4.13. The number of rotatable bonds is 7. The van der Waals surface area contributed by atoms with Gasteiger partial charge in [0.05, 0.1) is 0 Å². The number of nitrogens with one attached hydrogen (secondary N) is 1. The standard InChI is InChI=1S/C13H20ClNO/c1-3-6-12(15-4-2)10-16-13-8-5-7-11(14)9-13/h5,7-9,12,15H,3-4,6,10H2,1-2H3. The van der Waals surface area contributed by atoms with Crippen molar-refractivity contribution in [1.29, 1.82) is 0 Å². The molecule has 0 saturated heterocycles. The van der Waals surface area contributed by atoms with Crippen LogP contribution in [0, 0.1) is 0 Å². The van der Waals surface area contributed by atoms with Crippen LogP contribution in [0.2, 0.25) is 5.02 Å². The van der Waals surface area contributed by atoms with Crippen molar-refractivity contribution in [3.63, 3.8) is 0 Å². The summed E-state index contributed by atoms with van der Waals surface area (Å²) >= 11 is 5.89. The van der Waals surface area contributed by atoms with E-state index in [0.29, 0.717) is 17.7 Å². The molecular formula is C13H20ClNO. The highest BCUT2D eigenvalue weighted by atomic mass is 35.5. The van der Waals surface area contributed by atoms with E-state index in [1.54, 1.807) is 0 Å². The smallest absolute Gasteiger partial charge is 0.120 e. The summed E-state index contributed by atoms with van der Waals surface area (Å²) in [6.07, 6.45) is 2.30. The fourth-order valence-corrected chi connectivity index (χ4v) is 1.82. The van der Waals surface area contributed by atoms with Crippen molar-refractivity contribution in [2.45, 2.75) is 32.7 Å². The second-order valence-corrected chi connectivity index (χ2v) is 4.25. The van der Waals surface area contributed by atoms with Crippen LogP contribution >= 0.6 is 11.6 Å². The molecule has 1 aromatic rings. The summed E-state index contributed by atoms with van der Waals surface area (Å²) in [7, 11) is 0. The first-order chi connectivity index (χ1) is 7.76. The molecule has 90 valence electrons. The van der Waals surface area contributed by atoms with E-state index in [9.17, 15) is 0 Å². The van der Waals surface area contributed by atoms with E-state index >= 15 is 0 Å². The molecule has 3 heteroatoms. The highest BCUT2D eigenvalue weighted by Gasteiger charge is 2.06. The number of ether oxygens (including phenoxy) is 1. The van der Waals surface area contributed by atoms with Crippen molar-refractivity contribution < 1.29 is 4.74 Å². The molecule has 0 heterocycles. The number of halogens is 1. The predicted octanol–water partition coefficient (Wildman–Crippen LogP) is 3.50. The van der Waals surface area contributed by atoms with Gasteiger partial charge in [-0.2, -0.15) is 0 Å². The lowest BCUT2D eigenvalue weighted by molar-refractivity contribution is 0.257. The maximum Gasteiger partial charge on any atom is 0.120 e. The summed E-state index contributed by atoms with van der Waals surface area (Å²) in [6.45, 7) is 5.97. The molecule has 0 spiro atoms. The Hall–Kier alpha value is -0.730. The van der Waals surface area contributed by atoms with Crippen LogP contribution in [0.15, 0.2) is 24.3 Å². The van der Waals surface area contributed by atoms with E-state index in [1.165, 1.54) is 0 Å². The molecule has 0 aliphatic carbocycles. The van der Waals surface area contributed by atoms with Crippen molar-refractivity contribution in [2.75, 3.05) is 13.2 Å². The van der Waals surface area contributed by atoms with Gasteiger partial charge in [-0.15, -0.1) is 0 Å². The van der Waals surface area contributed by atoms with Crippen molar-refractivity contribution in [3.05, 3.63) is 29.3 Å². The van der Waals surface area contributed by atoms with Crippen molar-refractivity contribution in [1.82, 2.24) is 5.32 Å². The molecule has 1 rings (SSSR count). The minimum absolute atomic E-state index is 0.425. The predicted molar refractivity (Wildman–Crippen MR) is 69.3 cm³/mol. The van der Waals surface area contributed by atoms with Crippen LogP contribution in [0.4, 0.5) is 0 Å². The van der Waals surface area contributed by atoms with Gasteiger partial charge in [-0.05, 0) is 31.2 Å². The summed E-state index contributed by atoms with van der Waals surface area (Å²) in [4.78, 5) is 0. The Labute approximate surface area is 103 Å². The maximum atomic E-state index is 5.89. The average Bonchev–Trinajstić information content (AvgIpc) is 2.27. The Balaban J connectivity index is 2.41. The summed E-state index contributed by atoms with van der Waals surface area (Å²) in [5.41, 5.74) is 0. The fraction of sp³-hybridized carbons (Fsp3) is 0.538. The Morgan fingerprint density at radius 1 is 1.38 bits per heavy atom. The Kier molecular flexibility index (Phi) is 6.27. The number of hydrogen-bond donors (Lipinski definition) is 1. The first kappa shape index (κ1) is 13.3. The van der Waals surface area contributed by atoms with Crippen molar-refractivity contribution in [2.24, 2.45) is 0 Å². The van der Waals surface area contributed by atoms with E-state index in [4.69, 9.17) is 16.3 Å². The Bertz CT molecular complexity index is 298. The lowest BCUT2D eigenvalue weighted by Crippen LogP contribution is -2.34. The molecule has 0 fully saturated rings. The first-order valence-corrected chi connectivity index (χ1v) is 6.25. The molecule has 0 bridgehead atoms. The van der Waals surface area contributed by atoms with Crippen molar-refractivity contribution in [3.8, 4) is 5.75 Å². The normalized spacial score (nSPS) is 12.4. The lowest BCUT2D eigenvalue weighted by atomic mass is 10.2. The van der Waals surface area contributed by atoms with Gasteiger partial charge in [0.1, 0.15) is 12.4 Å². The monoisotopic (exact) mass is 241 g/mol. The van der Waals surface area contributed by atoms with E-state index in [2.05, 4.69) is 19.2 Å². The second kappa shape index (κ2) is 7.53. The number of hydrogen-bond acceptors (Lipinski definition) is 2. The molecular weight excluding hydrogens is 222 g/mol. The molecule has 1 aromatic carbocycles. The molecule has 16 heavy (non-hydrogen) atoms. The Morgan fingerprint density at radius 3 is 2.81 bits per heavy atom. The van der Waals surface area contributed by atoms with Crippen LogP contribution in [0.25, 0.3) is 0 Å². The SMILES string of the molecule is CCCC(COc1cccc(Cl)c1)NCC. The van der Waals surface area contributed by atoms with Gasteiger partial charge in [0, 0.05) is 11.1 Å². The molecule has 0 aromatic heterocycles. The van der Waals surface area contributed by atoms with Gasteiger partial charge in [-0.25, -0.2) is 0 Å². The molecule has 0 saturated carbocycles. The minimum Gasteiger partial charge on any atom is -0.492 e. The van der Waals surface area contributed by atoms with Crippen LogP contribution in [-0.4, -0.2) is 19.2 Å². The van der Waals surface area contributed by atoms with Crippen molar-refractivity contribution >= 4 is 11.6 Å². The van der Waals surface area contributed by atoms with Crippen LogP contribution in [-0.2, 0) is 0 Å². The zero-order valence-corrected chi connectivity index (χ0v) is 10.8. The zero-order valence-electron chi connectivity index (χ0n) is 10.0. The third-order valence-electron chi connectivity index (χ3n) is 2.38. The van der Waals surface area contributed by atoms with Crippen LogP contribution in [0.3, 0.4) is 0 Å². The number of benzene rings is 1. The van der Waals surface area contributed by atoms with Crippen LogP contribution < -0.4 is 10.1 Å². The maximum absolute atomic E-state index is 5.89. The third-order valence-corrected chi connectivity index (χ3v) is 2.61. The van der Waals surface area contributed by atoms with E-state index in [0.717, 1.165) is 25.1 Å². The van der Waals surface area contributed by atoms with Gasteiger partial charge in [0.25, 0.3) is 0 Å². The molecule has 0 aliphatic heterocycles.